The SMILES string of the molecule is CN(CCCc1cc(-c2ccccc2)n[nH]1)C(=O)c1cccc(S(C)(=O)=O)c1. The fourth-order valence-electron chi connectivity index (χ4n) is 2.93. The van der Waals surface area contributed by atoms with E-state index in [2.05, 4.69) is 10.2 Å². The van der Waals surface area contributed by atoms with Crippen LogP contribution in [0.25, 0.3) is 11.3 Å². The van der Waals surface area contributed by atoms with Crippen LogP contribution in [-0.2, 0) is 16.3 Å². The predicted octanol–water partition coefficient (Wildman–Crippen LogP) is 3.19. The first-order chi connectivity index (χ1) is 13.3. The molecule has 6 nitrogen and oxygen atoms in total. The smallest absolute Gasteiger partial charge is 0.253 e. The highest BCUT2D eigenvalue weighted by molar-refractivity contribution is 7.90. The number of aromatic amines is 1. The lowest BCUT2D eigenvalue weighted by molar-refractivity contribution is 0.0793. The zero-order valence-corrected chi connectivity index (χ0v) is 16.7. The number of sulfone groups is 1. The van der Waals surface area contributed by atoms with E-state index >= 15 is 0 Å². The summed E-state index contributed by atoms with van der Waals surface area (Å²) in [6, 6.07) is 18.1. The van der Waals surface area contributed by atoms with Gasteiger partial charge in [0.15, 0.2) is 9.84 Å². The molecule has 1 heterocycles. The number of carbonyl (C=O) groups excluding carboxylic acids is 1. The Kier molecular flexibility index (Phi) is 5.94. The largest absolute Gasteiger partial charge is 0.342 e. The number of H-pyrrole nitrogens is 1. The Balaban J connectivity index is 1.57. The lowest BCUT2D eigenvalue weighted by atomic mass is 10.1. The van der Waals surface area contributed by atoms with Crippen molar-refractivity contribution in [2.75, 3.05) is 19.8 Å². The summed E-state index contributed by atoms with van der Waals surface area (Å²) in [6.07, 6.45) is 2.67. The third-order valence-electron chi connectivity index (χ3n) is 4.50. The fourth-order valence-corrected chi connectivity index (χ4v) is 3.60. The van der Waals surface area contributed by atoms with Crippen molar-refractivity contribution in [3.05, 3.63) is 71.9 Å². The summed E-state index contributed by atoms with van der Waals surface area (Å²) < 4.78 is 23.4. The van der Waals surface area contributed by atoms with Gasteiger partial charge in [-0.2, -0.15) is 5.10 Å². The second kappa shape index (κ2) is 8.39. The number of rotatable bonds is 7. The molecule has 3 aromatic rings. The number of aryl methyl sites for hydroxylation is 1. The van der Waals surface area contributed by atoms with Crippen molar-refractivity contribution in [2.24, 2.45) is 0 Å². The maximum atomic E-state index is 12.6. The molecule has 0 unspecified atom stereocenters. The van der Waals surface area contributed by atoms with Crippen LogP contribution in [0.3, 0.4) is 0 Å². The summed E-state index contributed by atoms with van der Waals surface area (Å²) in [5.74, 6) is -0.194. The zero-order valence-electron chi connectivity index (χ0n) is 15.9. The quantitative estimate of drug-likeness (QED) is 0.664. The van der Waals surface area contributed by atoms with Crippen molar-refractivity contribution in [3.63, 3.8) is 0 Å². The topological polar surface area (TPSA) is 83.1 Å². The minimum Gasteiger partial charge on any atom is -0.342 e. The highest BCUT2D eigenvalue weighted by atomic mass is 32.2. The van der Waals surface area contributed by atoms with Crippen molar-refractivity contribution in [3.8, 4) is 11.3 Å². The van der Waals surface area contributed by atoms with Gasteiger partial charge in [-0.15, -0.1) is 0 Å². The van der Waals surface area contributed by atoms with Crippen LogP contribution in [0.5, 0.6) is 0 Å². The maximum Gasteiger partial charge on any atom is 0.253 e. The van der Waals surface area contributed by atoms with Crippen molar-refractivity contribution in [1.29, 1.82) is 0 Å². The molecule has 1 amide bonds. The number of carbonyl (C=O) groups is 1. The second-order valence-electron chi connectivity index (χ2n) is 6.77. The average molecular weight is 398 g/mol. The van der Waals surface area contributed by atoms with E-state index in [1.807, 2.05) is 36.4 Å². The van der Waals surface area contributed by atoms with E-state index in [0.717, 1.165) is 36.0 Å². The van der Waals surface area contributed by atoms with Crippen LogP contribution in [0.1, 0.15) is 22.5 Å². The molecular weight excluding hydrogens is 374 g/mol. The Morgan fingerprint density at radius 2 is 1.82 bits per heavy atom. The molecule has 0 fully saturated rings. The van der Waals surface area contributed by atoms with Gasteiger partial charge < -0.3 is 4.90 Å². The zero-order chi connectivity index (χ0) is 20.1. The molecule has 0 aliphatic carbocycles. The molecule has 28 heavy (non-hydrogen) atoms. The molecule has 0 spiro atoms. The number of hydrogen-bond acceptors (Lipinski definition) is 4. The van der Waals surface area contributed by atoms with Gasteiger partial charge in [-0.3, -0.25) is 9.89 Å². The molecule has 0 bridgehead atoms. The molecule has 0 atom stereocenters. The Morgan fingerprint density at radius 3 is 2.54 bits per heavy atom. The fraction of sp³-hybridized carbons (Fsp3) is 0.238. The van der Waals surface area contributed by atoms with Crippen molar-refractivity contribution in [1.82, 2.24) is 15.1 Å². The molecule has 3 rings (SSSR count). The summed E-state index contributed by atoms with van der Waals surface area (Å²) in [4.78, 5) is 14.3. The Bertz CT molecular complexity index is 1060. The van der Waals surface area contributed by atoms with Gasteiger partial charge in [0.1, 0.15) is 0 Å². The molecule has 2 aromatic carbocycles. The predicted molar refractivity (Wildman–Crippen MR) is 109 cm³/mol. The standard InChI is InChI=1S/C21H23N3O3S/c1-24(21(25)17-10-6-12-19(14-17)28(2,26)27)13-7-11-18-15-20(23-22-18)16-8-4-3-5-9-16/h3-6,8-10,12,14-15H,7,11,13H2,1-2H3,(H,22,23). The van der Waals surface area contributed by atoms with Crippen molar-refractivity contribution in [2.45, 2.75) is 17.7 Å². The van der Waals surface area contributed by atoms with E-state index < -0.39 is 9.84 Å². The number of hydrogen-bond donors (Lipinski definition) is 1. The minimum atomic E-state index is -3.34. The highest BCUT2D eigenvalue weighted by Crippen LogP contribution is 2.18. The molecule has 0 aliphatic heterocycles. The van der Waals surface area contributed by atoms with Crippen LogP contribution in [0, 0.1) is 0 Å². The monoisotopic (exact) mass is 397 g/mol. The Hall–Kier alpha value is -2.93. The number of nitrogens with one attached hydrogen (secondary N) is 1. The number of benzene rings is 2. The third-order valence-corrected chi connectivity index (χ3v) is 5.61. The highest BCUT2D eigenvalue weighted by Gasteiger charge is 2.15. The number of aromatic nitrogens is 2. The van der Waals surface area contributed by atoms with E-state index in [9.17, 15) is 13.2 Å². The molecule has 0 saturated heterocycles. The Morgan fingerprint density at radius 1 is 1.07 bits per heavy atom. The second-order valence-corrected chi connectivity index (χ2v) is 8.79. The summed E-state index contributed by atoms with van der Waals surface area (Å²) in [7, 11) is -1.62. The van der Waals surface area contributed by atoms with Gasteiger partial charge in [-0.1, -0.05) is 36.4 Å². The normalized spacial score (nSPS) is 11.4. The van der Waals surface area contributed by atoms with Crippen molar-refractivity contribution < 1.29 is 13.2 Å². The molecule has 0 aliphatic rings. The molecular formula is C21H23N3O3S. The third kappa shape index (κ3) is 4.86. The van der Waals surface area contributed by atoms with Crippen LogP contribution in [0.2, 0.25) is 0 Å². The summed E-state index contributed by atoms with van der Waals surface area (Å²) in [5, 5.41) is 7.38. The molecule has 7 heteroatoms. The van der Waals surface area contributed by atoms with Crippen LogP contribution >= 0.6 is 0 Å². The van der Waals surface area contributed by atoms with E-state index in [1.165, 1.54) is 12.1 Å². The first-order valence-corrected chi connectivity index (χ1v) is 10.9. The number of nitrogens with zero attached hydrogens (tertiary/aromatic N) is 2. The molecule has 1 aromatic heterocycles. The molecule has 146 valence electrons. The van der Waals surface area contributed by atoms with E-state index in [-0.39, 0.29) is 10.8 Å². The van der Waals surface area contributed by atoms with E-state index in [1.54, 1.807) is 24.1 Å². The number of amides is 1. The van der Waals surface area contributed by atoms with E-state index in [4.69, 9.17) is 0 Å². The van der Waals surface area contributed by atoms with Crippen LogP contribution < -0.4 is 0 Å². The first kappa shape index (κ1) is 19.8. The molecule has 1 N–H and O–H groups in total. The van der Waals surface area contributed by atoms with Crippen molar-refractivity contribution >= 4 is 15.7 Å². The Labute approximate surface area is 165 Å². The lowest BCUT2D eigenvalue weighted by Gasteiger charge is -2.17. The summed E-state index contributed by atoms with van der Waals surface area (Å²) in [6.45, 7) is 0.557. The van der Waals surface area contributed by atoms with Crippen LogP contribution in [-0.4, -0.2) is 49.3 Å². The van der Waals surface area contributed by atoms with Gasteiger partial charge in [0, 0.05) is 36.7 Å². The van der Waals surface area contributed by atoms with Gasteiger partial charge in [0.2, 0.25) is 0 Å². The van der Waals surface area contributed by atoms with Gasteiger partial charge >= 0.3 is 0 Å². The minimum absolute atomic E-state index is 0.151. The molecule has 0 radical (unpaired) electrons. The van der Waals surface area contributed by atoms with Crippen LogP contribution in [0.15, 0.2) is 65.6 Å². The van der Waals surface area contributed by atoms with Gasteiger partial charge in [-0.25, -0.2) is 8.42 Å². The van der Waals surface area contributed by atoms with Crippen LogP contribution in [0.4, 0.5) is 0 Å². The van der Waals surface area contributed by atoms with Gasteiger partial charge in [0.25, 0.3) is 5.91 Å². The van der Waals surface area contributed by atoms with E-state index in [0.29, 0.717) is 12.1 Å². The first-order valence-electron chi connectivity index (χ1n) is 9.00. The lowest BCUT2D eigenvalue weighted by Crippen LogP contribution is -2.28. The van der Waals surface area contributed by atoms with Gasteiger partial charge in [-0.05, 0) is 37.1 Å². The summed E-state index contributed by atoms with van der Waals surface area (Å²) >= 11 is 0. The average Bonchev–Trinajstić information content (AvgIpc) is 3.16. The maximum absolute atomic E-state index is 12.6. The molecule has 0 saturated carbocycles. The van der Waals surface area contributed by atoms with Gasteiger partial charge in [0.05, 0.1) is 10.6 Å². The summed E-state index contributed by atoms with van der Waals surface area (Å²) in [5.41, 5.74) is 3.35.